The van der Waals surface area contributed by atoms with Crippen LogP contribution in [0.3, 0.4) is 0 Å². The number of nitrogens with zero attached hydrogens (tertiary/aromatic N) is 1. The van der Waals surface area contributed by atoms with Crippen LogP contribution in [-0.4, -0.2) is 33.9 Å². The molecule has 26 heavy (non-hydrogen) atoms. The van der Waals surface area contributed by atoms with E-state index in [9.17, 15) is 19.5 Å². The van der Waals surface area contributed by atoms with Gasteiger partial charge in [0, 0.05) is 23.6 Å². The lowest BCUT2D eigenvalue weighted by molar-refractivity contribution is -0.140. The number of hydrogen-bond acceptors (Lipinski definition) is 4. The van der Waals surface area contributed by atoms with Gasteiger partial charge in [0.25, 0.3) is 11.8 Å². The number of hydrogen-bond donors (Lipinski definition) is 3. The molecule has 0 radical (unpaired) electrons. The monoisotopic (exact) mass is 355 g/mol. The Bertz CT molecular complexity index is 792. The Labute approximate surface area is 151 Å². The van der Waals surface area contributed by atoms with Gasteiger partial charge in [0.15, 0.2) is 0 Å². The average Bonchev–Trinajstić information content (AvgIpc) is 2.66. The Balaban J connectivity index is 2.11. The minimum Gasteiger partial charge on any atom is -0.480 e. The van der Waals surface area contributed by atoms with Crippen molar-refractivity contribution in [2.24, 2.45) is 5.92 Å². The molecule has 3 N–H and O–H groups in total. The zero-order valence-electron chi connectivity index (χ0n) is 14.6. The molecule has 2 aromatic rings. The Morgan fingerprint density at radius 2 is 1.85 bits per heavy atom. The number of amides is 2. The van der Waals surface area contributed by atoms with E-state index in [1.54, 1.807) is 43.5 Å². The van der Waals surface area contributed by atoms with Crippen LogP contribution in [0.25, 0.3) is 0 Å². The second-order valence-corrected chi connectivity index (χ2v) is 5.95. The molecule has 1 aromatic heterocycles. The van der Waals surface area contributed by atoms with E-state index in [4.69, 9.17) is 0 Å². The lowest BCUT2D eigenvalue weighted by Gasteiger charge is -2.20. The van der Waals surface area contributed by atoms with Crippen LogP contribution in [-0.2, 0) is 4.79 Å². The first-order chi connectivity index (χ1) is 12.4. The number of pyridine rings is 1. The summed E-state index contributed by atoms with van der Waals surface area (Å²) in [5, 5.41) is 14.5. The van der Waals surface area contributed by atoms with Crippen molar-refractivity contribution in [1.82, 2.24) is 10.3 Å². The maximum atomic E-state index is 12.4. The van der Waals surface area contributed by atoms with Gasteiger partial charge in [0.1, 0.15) is 6.04 Å². The molecule has 2 rings (SSSR count). The molecule has 0 aliphatic rings. The number of aromatic nitrogens is 1. The van der Waals surface area contributed by atoms with Crippen molar-refractivity contribution in [2.45, 2.75) is 26.3 Å². The molecule has 7 nitrogen and oxygen atoms in total. The van der Waals surface area contributed by atoms with Gasteiger partial charge < -0.3 is 15.7 Å². The zero-order valence-corrected chi connectivity index (χ0v) is 14.6. The third kappa shape index (κ3) is 4.89. The summed E-state index contributed by atoms with van der Waals surface area (Å²) in [4.78, 5) is 39.8. The summed E-state index contributed by atoms with van der Waals surface area (Å²) in [5.41, 5.74) is 1.09. The van der Waals surface area contributed by atoms with E-state index >= 15 is 0 Å². The summed E-state index contributed by atoms with van der Waals surface area (Å²) in [6.45, 7) is 3.63. The summed E-state index contributed by atoms with van der Waals surface area (Å²) < 4.78 is 0. The van der Waals surface area contributed by atoms with Gasteiger partial charge in [-0.1, -0.05) is 26.3 Å². The molecule has 1 heterocycles. The smallest absolute Gasteiger partial charge is 0.326 e. The van der Waals surface area contributed by atoms with E-state index in [0.29, 0.717) is 17.7 Å². The summed E-state index contributed by atoms with van der Waals surface area (Å²) in [7, 11) is 0. The van der Waals surface area contributed by atoms with Crippen LogP contribution in [0.2, 0.25) is 0 Å². The quantitative estimate of drug-likeness (QED) is 0.707. The molecular weight excluding hydrogens is 334 g/mol. The highest BCUT2D eigenvalue weighted by Gasteiger charge is 2.25. The molecule has 0 bridgehead atoms. The molecule has 0 spiro atoms. The maximum absolute atomic E-state index is 12.4. The Kier molecular flexibility index (Phi) is 6.43. The number of aliphatic carboxylic acids is 1. The van der Waals surface area contributed by atoms with Crippen LogP contribution >= 0.6 is 0 Å². The fourth-order valence-corrected chi connectivity index (χ4v) is 2.35. The highest BCUT2D eigenvalue weighted by atomic mass is 16.4. The zero-order chi connectivity index (χ0) is 19.1. The third-order valence-corrected chi connectivity index (χ3v) is 4.07. The van der Waals surface area contributed by atoms with Crippen molar-refractivity contribution in [3.05, 3.63) is 59.9 Å². The lowest BCUT2D eigenvalue weighted by Crippen LogP contribution is -2.45. The first-order valence-electron chi connectivity index (χ1n) is 8.27. The minimum atomic E-state index is -1.08. The fraction of sp³-hybridized carbons (Fsp3) is 0.263. The average molecular weight is 355 g/mol. The van der Waals surface area contributed by atoms with E-state index < -0.39 is 17.9 Å². The minimum absolute atomic E-state index is 0.204. The van der Waals surface area contributed by atoms with Crippen LogP contribution < -0.4 is 10.6 Å². The van der Waals surface area contributed by atoms with Crippen LogP contribution in [0.1, 0.15) is 41.0 Å². The molecule has 0 saturated carbocycles. The molecule has 0 aliphatic heterocycles. The number of carboxylic acids is 1. The second kappa shape index (κ2) is 8.75. The van der Waals surface area contributed by atoms with E-state index in [-0.39, 0.29) is 17.4 Å². The predicted molar refractivity (Wildman–Crippen MR) is 97.0 cm³/mol. The summed E-state index contributed by atoms with van der Waals surface area (Å²) in [5.74, 6) is -2.13. The van der Waals surface area contributed by atoms with Gasteiger partial charge in [0.05, 0.1) is 5.56 Å². The topological polar surface area (TPSA) is 108 Å². The van der Waals surface area contributed by atoms with Crippen molar-refractivity contribution >= 4 is 23.5 Å². The Morgan fingerprint density at radius 3 is 2.46 bits per heavy atom. The maximum Gasteiger partial charge on any atom is 0.326 e. The highest BCUT2D eigenvalue weighted by molar-refractivity contribution is 6.05. The van der Waals surface area contributed by atoms with Gasteiger partial charge >= 0.3 is 5.97 Å². The predicted octanol–water partition coefficient (Wildman–Crippen LogP) is 2.56. The number of carbonyl (C=O) groups is 3. The van der Waals surface area contributed by atoms with Crippen molar-refractivity contribution in [2.75, 3.05) is 5.32 Å². The SMILES string of the molecule is CC[C@H](C)[C@H](NC(=O)c1cccc(NC(=O)c2cccnc2)c1)C(=O)O. The van der Waals surface area contributed by atoms with Crippen LogP contribution in [0, 0.1) is 5.92 Å². The van der Waals surface area contributed by atoms with Gasteiger partial charge in [-0.2, -0.15) is 0 Å². The fourth-order valence-electron chi connectivity index (χ4n) is 2.35. The number of anilines is 1. The summed E-state index contributed by atoms with van der Waals surface area (Å²) in [6.07, 6.45) is 3.63. The van der Waals surface area contributed by atoms with E-state index in [1.807, 2.05) is 6.92 Å². The summed E-state index contributed by atoms with van der Waals surface area (Å²) in [6, 6.07) is 8.63. The standard InChI is InChI=1S/C19H21N3O4/c1-3-12(2)16(19(25)26)22-17(23)13-6-4-8-15(10-13)21-18(24)14-7-5-9-20-11-14/h4-12,16H,3H2,1-2H3,(H,21,24)(H,22,23)(H,25,26)/t12-,16-/m0/s1. The molecule has 0 saturated heterocycles. The van der Waals surface area contributed by atoms with Gasteiger partial charge in [-0.05, 0) is 36.2 Å². The first-order valence-corrected chi connectivity index (χ1v) is 8.27. The highest BCUT2D eigenvalue weighted by Crippen LogP contribution is 2.14. The number of carboxylic acid groups (broad SMARTS) is 1. The van der Waals surface area contributed by atoms with E-state index in [0.717, 1.165) is 0 Å². The molecule has 136 valence electrons. The van der Waals surface area contributed by atoms with Gasteiger partial charge in [-0.25, -0.2) is 4.79 Å². The third-order valence-electron chi connectivity index (χ3n) is 4.07. The van der Waals surface area contributed by atoms with Crippen molar-refractivity contribution in [3.63, 3.8) is 0 Å². The van der Waals surface area contributed by atoms with Crippen molar-refractivity contribution in [1.29, 1.82) is 0 Å². The van der Waals surface area contributed by atoms with E-state index in [1.165, 1.54) is 12.3 Å². The molecule has 1 aromatic carbocycles. The van der Waals surface area contributed by atoms with Crippen LogP contribution in [0.4, 0.5) is 5.69 Å². The number of carbonyl (C=O) groups excluding carboxylic acids is 2. The van der Waals surface area contributed by atoms with Crippen LogP contribution in [0.5, 0.6) is 0 Å². The molecule has 0 fully saturated rings. The molecule has 2 amide bonds. The molecule has 0 unspecified atom stereocenters. The van der Waals surface area contributed by atoms with Gasteiger partial charge in [-0.3, -0.25) is 14.6 Å². The number of rotatable bonds is 7. The molecular formula is C19H21N3O4. The van der Waals surface area contributed by atoms with Gasteiger partial charge in [-0.15, -0.1) is 0 Å². The van der Waals surface area contributed by atoms with Crippen molar-refractivity contribution < 1.29 is 19.5 Å². The van der Waals surface area contributed by atoms with Crippen LogP contribution in [0.15, 0.2) is 48.8 Å². The second-order valence-electron chi connectivity index (χ2n) is 5.95. The number of benzene rings is 1. The molecule has 0 aliphatic carbocycles. The normalized spacial score (nSPS) is 12.7. The largest absolute Gasteiger partial charge is 0.480 e. The lowest BCUT2D eigenvalue weighted by atomic mass is 9.99. The summed E-state index contributed by atoms with van der Waals surface area (Å²) >= 11 is 0. The number of nitrogens with one attached hydrogen (secondary N) is 2. The Hall–Kier alpha value is -3.22. The first kappa shape index (κ1) is 19.1. The molecule has 7 heteroatoms. The molecule has 2 atom stereocenters. The van der Waals surface area contributed by atoms with Crippen molar-refractivity contribution in [3.8, 4) is 0 Å². The van der Waals surface area contributed by atoms with E-state index in [2.05, 4.69) is 15.6 Å². The van der Waals surface area contributed by atoms with Gasteiger partial charge in [0.2, 0.25) is 0 Å². The Morgan fingerprint density at radius 1 is 1.12 bits per heavy atom.